The van der Waals surface area contributed by atoms with E-state index in [4.69, 9.17) is 34.7 Å². The summed E-state index contributed by atoms with van der Waals surface area (Å²) >= 11 is 12.8. The highest BCUT2D eigenvalue weighted by molar-refractivity contribution is 14.1. The Balaban J connectivity index is 0.000000428. The normalized spacial score (nSPS) is 10.3. The standard InChI is InChI=1S/C8H10ClFNOP.C6H4ClFIN.C2H6OP/c1-13(2,12)8-6(11)4-3-5(9)7(8)10;7-3-1-2-4(10)6(9)5(3)8;1-4(2)3/h3-4H,11H2,1-2H3;1-2H,10H2;1-2H3/q;;+1. The Bertz CT molecular complexity index is 849. The Labute approximate surface area is 182 Å². The second-order valence-corrected chi connectivity index (χ2v) is 12.4. The van der Waals surface area contributed by atoms with Gasteiger partial charge >= 0.3 is 7.80 Å². The van der Waals surface area contributed by atoms with Gasteiger partial charge in [-0.25, -0.2) is 8.78 Å². The minimum absolute atomic E-state index is 0.0417. The van der Waals surface area contributed by atoms with Crippen LogP contribution >= 0.6 is 60.7 Å². The first-order valence-corrected chi connectivity index (χ1v) is 13.8. The van der Waals surface area contributed by atoms with Gasteiger partial charge in [-0.3, -0.25) is 0 Å². The summed E-state index contributed by atoms with van der Waals surface area (Å²) in [4.78, 5) is 0. The molecule has 2 aromatic carbocycles. The van der Waals surface area contributed by atoms with Crippen molar-refractivity contribution in [2.75, 3.05) is 38.1 Å². The molecule has 0 unspecified atom stereocenters. The highest BCUT2D eigenvalue weighted by Crippen LogP contribution is 2.39. The second kappa shape index (κ2) is 11.5. The quantitative estimate of drug-likeness (QED) is 0.189. The number of rotatable bonds is 1. The van der Waals surface area contributed by atoms with Gasteiger partial charge in [0.1, 0.15) is 20.5 Å². The lowest BCUT2D eigenvalue weighted by Gasteiger charge is -2.11. The number of hydrogen-bond acceptors (Lipinski definition) is 4. The van der Waals surface area contributed by atoms with Crippen molar-refractivity contribution in [3.63, 3.8) is 0 Å². The monoisotopic (exact) mass is 569 g/mol. The molecule has 0 fully saturated rings. The molecule has 11 heteroatoms. The highest BCUT2D eigenvalue weighted by Gasteiger charge is 2.21. The molecule has 150 valence electrons. The SMILES string of the molecule is CP(C)(=O)c1c(N)ccc(Cl)c1F.C[P+](C)=O.Nc1ccc(Cl)c(F)c1I. The fourth-order valence-electron chi connectivity index (χ4n) is 1.64. The first-order valence-electron chi connectivity index (χ1n) is 7.22. The number of nitrogen functional groups attached to an aromatic ring is 2. The van der Waals surface area contributed by atoms with Crippen molar-refractivity contribution >= 4 is 77.4 Å². The minimum Gasteiger partial charge on any atom is -0.398 e. The van der Waals surface area contributed by atoms with Crippen molar-refractivity contribution in [2.45, 2.75) is 0 Å². The second-order valence-electron chi connectivity index (χ2n) is 5.73. The third kappa shape index (κ3) is 9.05. The molecule has 0 saturated carbocycles. The molecule has 0 atom stereocenters. The Morgan fingerprint density at radius 3 is 1.67 bits per heavy atom. The van der Waals surface area contributed by atoms with Crippen LogP contribution in [0.1, 0.15) is 0 Å². The fourth-order valence-corrected chi connectivity index (χ4v) is 3.94. The first-order chi connectivity index (χ1) is 12.2. The van der Waals surface area contributed by atoms with Gasteiger partial charge in [-0.2, -0.15) is 0 Å². The third-order valence-corrected chi connectivity index (χ3v) is 5.92. The molecular formula is C16H20Cl2F2IN2O2P2+. The van der Waals surface area contributed by atoms with Crippen LogP contribution in [0.4, 0.5) is 20.2 Å². The van der Waals surface area contributed by atoms with E-state index in [1.807, 2.05) is 22.6 Å². The van der Waals surface area contributed by atoms with Crippen molar-refractivity contribution < 1.29 is 17.9 Å². The van der Waals surface area contributed by atoms with E-state index in [1.165, 1.54) is 31.5 Å². The molecule has 0 aliphatic carbocycles. The van der Waals surface area contributed by atoms with Crippen molar-refractivity contribution in [2.24, 2.45) is 0 Å². The maximum Gasteiger partial charge on any atom is 0.332 e. The number of anilines is 2. The Morgan fingerprint density at radius 1 is 0.963 bits per heavy atom. The van der Waals surface area contributed by atoms with Gasteiger partial charge in [0.2, 0.25) is 0 Å². The van der Waals surface area contributed by atoms with Gasteiger partial charge in [0.15, 0.2) is 11.6 Å². The van der Waals surface area contributed by atoms with Crippen molar-refractivity contribution in [1.82, 2.24) is 0 Å². The van der Waals surface area contributed by atoms with E-state index in [1.54, 1.807) is 19.4 Å². The predicted octanol–water partition coefficient (Wildman–Crippen LogP) is 6.05. The van der Waals surface area contributed by atoms with Crippen LogP contribution in [0, 0.1) is 15.2 Å². The average molecular weight is 570 g/mol. The summed E-state index contributed by atoms with van der Waals surface area (Å²) in [6.45, 7) is 6.26. The molecule has 27 heavy (non-hydrogen) atoms. The van der Waals surface area contributed by atoms with Gasteiger partial charge in [-0.15, -0.1) is 0 Å². The number of benzene rings is 2. The number of nitrogens with two attached hydrogens (primary N) is 2. The van der Waals surface area contributed by atoms with E-state index in [9.17, 15) is 17.9 Å². The zero-order chi connectivity index (χ0) is 21.5. The molecule has 0 aliphatic heterocycles. The topological polar surface area (TPSA) is 86.2 Å². The van der Waals surface area contributed by atoms with E-state index < -0.39 is 26.6 Å². The summed E-state index contributed by atoms with van der Waals surface area (Å²) in [5.74, 6) is -1.11. The summed E-state index contributed by atoms with van der Waals surface area (Å²) in [5.41, 5.74) is 11.5. The van der Waals surface area contributed by atoms with Gasteiger partial charge in [0.25, 0.3) is 0 Å². The van der Waals surface area contributed by atoms with Crippen LogP contribution in [0.25, 0.3) is 0 Å². The molecule has 0 radical (unpaired) electrons. The van der Waals surface area contributed by atoms with Crippen molar-refractivity contribution in [3.05, 3.63) is 49.5 Å². The first kappa shape index (κ1) is 26.5. The smallest absolute Gasteiger partial charge is 0.332 e. The van der Waals surface area contributed by atoms with Crippen LogP contribution in [-0.2, 0) is 9.13 Å². The third-order valence-electron chi connectivity index (χ3n) is 2.70. The summed E-state index contributed by atoms with van der Waals surface area (Å²) in [6.07, 6.45) is 0. The van der Waals surface area contributed by atoms with E-state index in [-0.39, 0.29) is 21.0 Å². The van der Waals surface area contributed by atoms with Crippen LogP contribution < -0.4 is 16.8 Å². The summed E-state index contributed by atoms with van der Waals surface area (Å²) in [6, 6.07) is 5.83. The molecule has 0 bridgehead atoms. The lowest BCUT2D eigenvalue weighted by molar-refractivity contribution is 0.585. The largest absolute Gasteiger partial charge is 0.398 e. The van der Waals surface area contributed by atoms with Gasteiger partial charge in [-0.05, 0) is 60.2 Å². The van der Waals surface area contributed by atoms with Gasteiger partial charge < -0.3 is 16.0 Å². The van der Waals surface area contributed by atoms with E-state index in [0.717, 1.165) is 0 Å². The van der Waals surface area contributed by atoms with E-state index >= 15 is 0 Å². The zero-order valence-electron chi connectivity index (χ0n) is 15.1. The Kier molecular flexibility index (Phi) is 11.3. The number of hydrogen-bond donors (Lipinski definition) is 2. The molecule has 0 spiro atoms. The Hall–Kier alpha value is -0.460. The molecule has 2 rings (SSSR count). The maximum absolute atomic E-state index is 13.4. The van der Waals surface area contributed by atoms with Gasteiger partial charge in [0.05, 0.1) is 18.9 Å². The molecule has 2 aromatic rings. The molecule has 0 aliphatic rings. The summed E-state index contributed by atoms with van der Waals surface area (Å²) in [7, 11) is -3.58. The Morgan fingerprint density at radius 2 is 1.33 bits per heavy atom. The molecule has 4 N–H and O–H groups in total. The van der Waals surface area contributed by atoms with Crippen LogP contribution in [0.15, 0.2) is 24.3 Å². The van der Waals surface area contributed by atoms with Gasteiger partial charge in [0, 0.05) is 11.4 Å². The summed E-state index contributed by atoms with van der Waals surface area (Å²) < 4.78 is 47.8. The highest BCUT2D eigenvalue weighted by atomic mass is 127. The summed E-state index contributed by atoms with van der Waals surface area (Å²) in [5, 5.41) is 0.103. The lowest BCUT2D eigenvalue weighted by atomic mass is 10.3. The maximum atomic E-state index is 13.4. The molecule has 4 nitrogen and oxygen atoms in total. The van der Waals surface area contributed by atoms with Crippen LogP contribution in [0.2, 0.25) is 10.0 Å². The molecule has 0 saturated heterocycles. The fraction of sp³-hybridized carbons (Fsp3) is 0.250. The lowest BCUT2D eigenvalue weighted by Crippen LogP contribution is -2.14. The minimum atomic E-state index is -2.70. The van der Waals surface area contributed by atoms with E-state index in [2.05, 4.69) is 0 Å². The van der Waals surface area contributed by atoms with Crippen LogP contribution in [0.5, 0.6) is 0 Å². The van der Waals surface area contributed by atoms with E-state index in [0.29, 0.717) is 9.26 Å². The molecule has 0 heterocycles. The average Bonchev–Trinajstić information content (AvgIpc) is 2.52. The number of halogens is 5. The van der Waals surface area contributed by atoms with Gasteiger partial charge in [-0.1, -0.05) is 27.8 Å². The van der Waals surface area contributed by atoms with Crippen molar-refractivity contribution in [1.29, 1.82) is 0 Å². The van der Waals surface area contributed by atoms with Crippen LogP contribution in [0.3, 0.4) is 0 Å². The molecule has 0 amide bonds. The zero-order valence-corrected chi connectivity index (χ0v) is 20.5. The molecule has 0 aromatic heterocycles. The molecular weight excluding hydrogens is 550 g/mol. The van der Waals surface area contributed by atoms with Crippen LogP contribution in [-0.4, -0.2) is 26.7 Å². The van der Waals surface area contributed by atoms with Crippen molar-refractivity contribution in [3.8, 4) is 0 Å². The predicted molar refractivity (Wildman–Crippen MR) is 123 cm³/mol.